The van der Waals surface area contributed by atoms with Crippen molar-refractivity contribution >= 4 is 29.9 Å². The van der Waals surface area contributed by atoms with Gasteiger partial charge in [0.05, 0.1) is 6.61 Å². The van der Waals surface area contributed by atoms with Crippen molar-refractivity contribution in [1.29, 1.82) is 0 Å². The average Bonchev–Trinajstić information content (AvgIpc) is 3.42. The summed E-state index contributed by atoms with van der Waals surface area (Å²) in [6.45, 7) is 5.84. The van der Waals surface area contributed by atoms with Gasteiger partial charge in [0, 0.05) is 50.3 Å². The number of ether oxygens (including phenoxy) is 2. The Morgan fingerprint density at radius 3 is 2.91 bits per heavy atom. The van der Waals surface area contributed by atoms with E-state index in [1.807, 2.05) is 25.1 Å². The molecule has 0 saturated heterocycles. The van der Waals surface area contributed by atoms with Crippen molar-refractivity contribution in [3.63, 3.8) is 0 Å². The first-order valence-corrected chi connectivity index (χ1v) is 10.8. The molecule has 0 spiro atoms. The number of nitrogens with zero attached hydrogens (tertiary/aromatic N) is 4. The molecule has 1 unspecified atom stereocenters. The fourth-order valence-corrected chi connectivity index (χ4v) is 3.55. The highest BCUT2D eigenvalue weighted by Crippen LogP contribution is 2.35. The van der Waals surface area contributed by atoms with Crippen molar-refractivity contribution in [1.82, 2.24) is 25.8 Å². The molecular formula is C23H29IN6O3. The molecule has 1 aromatic carbocycles. The lowest BCUT2D eigenvalue weighted by Crippen LogP contribution is -2.38. The van der Waals surface area contributed by atoms with E-state index in [1.54, 1.807) is 13.2 Å². The van der Waals surface area contributed by atoms with Gasteiger partial charge in [0.15, 0.2) is 11.8 Å². The van der Waals surface area contributed by atoms with Crippen LogP contribution in [0.15, 0.2) is 46.0 Å². The molecule has 0 fully saturated rings. The van der Waals surface area contributed by atoms with Crippen LogP contribution in [0.3, 0.4) is 0 Å². The number of benzene rings is 1. The second kappa shape index (κ2) is 11.8. The number of guanidine groups is 1. The number of halogens is 1. The van der Waals surface area contributed by atoms with Crippen molar-refractivity contribution in [2.24, 2.45) is 4.99 Å². The molecule has 4 rings (SSSR count). The number of aliphatic imine (C=N–C) groups is 1. The molecule has 33 heavy (non-hydrogen) atoms. The number of rotatable bonds is 8. The minimum Gasteiger partial charge on any atom is -0.494 e. The number of hydrogen-bond donors (Lipinski definition) is 2. The van der Waals surface area contributed by atoms with Gasteiger partial charge >= 0.3 is 0 Å². The molecule has 10 heteroatoms. The molecule has 1 atom stereocenters. The van der Waals surface area contributed by atoms with Crippen LogP contribution in [0.5, 0.6) is 11.5 Å². The van der Waals surface area contributed by atoms with Gasteiger partial charge in [0.1, 0.15) is 23.3 Å². The first-order valence-electron chi connectivity index (χ1n) is 10.8. The summed E-state index contributed by atoms with van der Waals surface area (Å²) in [5.74, 6) is 3.51. The molecule has 176 valence electrons. The summed E-state index contributed by atoms with van der Waals surface area (Å²) in [5.41, 5.74) is 2.88. The van der Waals surface area contributed by atoms with E-state index in [1.165, 1.54) is 5.56 Å². The Hall–Kier alpha value is -2.89. The van der Waals surface area contributed by atoms with Crippen LogP contribution in [-0.2, 0) is 19.4 Å². The second-order valence-electron chi connectivity index (χ2n) is 7.47. The zero-order chi connectivity index (χ0) is 22.3. The van der Waals surface area contributed by atoms with Gasteiger partial charge in [-0.3, -0.25) is 9.98 Å². The third-order valence-corrected chi connectivity index (χ3v) is 5.04. The van der Waals surface area contributed by atoms with Gasteiger partial charge in [0.2, 0.25) is 0 Å². The van der Waals surface area contributed by atoms with Crippen LogP contribution in [-0.4, -0.2) is 47.4 Å². The molecule has 3 aromatic rings. The molecule has 2 aromatic heterocycles. The van der Waals surface area contributed by atoms with E-state index < -0.39 is 0 Å². The quantitative estimate of drug-likeness (QED) is 0.244. The zero-order valence-corrected chi connectivity index (χ0v) is 21.3. The van der Waals surface area contributed by atoms with E-state index in [0.717, 1.165) is 23.5 Å². The largest absolute Gasteiger partial charge is 0.494 e. The van der Waals surface area contributed by atoms with Crippen LogP contribution in [0.2, 0.25) is 0 Å². The van der Waals surface area contributed by atoms with E-state index in [0.29, 0.717) is 49.5 Å². The van der Waals surface area contributed by atoms with Crippen LogP contribution in [0.25, 0.3) is 11.6 Å². The van der Waals surface area contributed by atoms with Gasteiger partial charge in [-0.1, -0.05) is 11.2 Å². The first-order chi connectivity index (χ1) is 15.7. The van der Waals surface area contributed by atoms with E-state index in [4.69, 9.17) is 14.0 Å². The minimum atomic E-state index is 0. The Morgan fingerprint density at radius 2 is 2.15 bits per heavy atom. The summed E-state index contributed by atoms with van der Waals surface area (Å²) >= 11 is 0. The van der Waals surface area contributed by atoms with Gasteiger partial charge in [-0.25, -0.2) is 0 Å². The Labute approximate surface area is 210 Å². The van der Waals surface area contributed by atoms with E-state index >= 15 is 0 Å². The van der Waals surface area contributed by atoms with E-state index in [-0.39, 0.29) is 30.1 Å². The smallest absolute Gasteiger partial charge is 0.276 e. The highest BCUT2D eigenvalue weighted by Gasteiger charge is 2.22. The van der Waals surface area contributed by atoms with Crippen molar-refractivity contribution in [2.45, 2.75) is 39.3 Å². The molecule has 9 nitrogen and oxygen atoms in total. The summed E-state index contributed by atoms with van der Waals surface area (Å²) in [7, 11) is 1.74. The number of aromatic nitrogens is 3. The number of pyridine rings is 1. The fraction of sp³-hybridized carbons (Fsp3) is 0.391. The highest BCUT2D eigenvalue weighted by atomic mass is 127. The maximum absolute atomic E-state index is 5.91. The molecule has 1 aliphatic rings. The topological polar surface area (TPSA) is 107 Å². The van der Waals surface area contributed by atoms with Crippen LogP contribution in [0, 0.1) is 0 Å². The maximum atomic E-state index is 5.91. The van der Waals surface area contributed by atoms with E-state index in [2.05, 4.69) is 49.8 Å². The summed E-state index contributed by atoms with van der Waals surface area (Å²) in [6.07, 6.45) is 3.39. The van der Waals surface area contributed by atoms with Crippen molar-refractivity contribution in [2.75, 3.05) is 20.2 Å². The number of nitrogens with one attached hydrogen (secondary N) is 2. The molecule has 0 saturated carbocycles. The molecule has 0 amide bonds. The molecule has 0 bridgehead atoms. The summed E-state index contributed by atoms with van der Waals surface area (Å²) in [6, 6.07) is 9.71. The van der Waals surface area contributed by atoms with Gasteiger partial charge in [-0.05, 0) is 38.1 Å². The number of hydrogen-bond acceptors (Lipinski definition) is 7. The molecule has 2 N–H and O–H groups in total. The summed E-state index contributed by atoms with van der Waals surface area (Å²) < 4.78 is 17.1. The monoisotopic (exact) mass is 564 g/mol. The van der Waals surface area contributed by atoms with Gasteiger partial charge in [-0.2, -0.15) is 4.98 Å². The lowest BCUT2D eigenvalue weighted by atomic mass is 10.1. The lowest BCUT2D eigenvalue weighted by molar-refractivity contribution is 0.254. The highest BCUT2D eigenvalue weighted by molar-refractivity contribution is 14.0. The molecule has 3 heterocycles. The normalized spacial score (nSPS) is 14.8. The Bertz CT molecular complexity index is 1070. The third kappa shape index (κ3) is 6.34. The van der Waals surface area contributed by atoms with Crippen LogP contribution >= 0.6 is 24.0 Å². The average molecular weight is 564 g/mol. The third-order valence-electron chi connectivity index (χ3n) is 5.04. The molecule has 1 aliphatic heterocycles. The SMILES string of the molecule is CCOc1cc2c(cc1CNC(=NC)NCCc1noc(-c3ccccn3)n1)OC(C)C2.I. The zero-order valence-electron chi connectivity index (χ0n) is 19.0. The molecule has 0 radical (unpaired) electrons. The van der Waals surface area contributed by atoms with Crippen LogP contribution in [0.4, 0.5) is 0 Å². The maximum Gasteiger partial charge on any atom is 0.276 e. The summed E-state index contributed by atoms with van der Waals surface area (Å²) in [4.78, 5) is 12.9. The van der Waals surface area contributed by atoms with Gasteiger partial charge in [0.25, 0.3) is 5.89 Å². The van der Waals surface area contributed by atoms with Crippen molar-refractivity contribution < 1.29 is 14.0 Å². The Morgan fingerprint density at radius 1 is 1.27 bits per heavy atom. The van der Waals surface area contributed by atoms with Crippen molar-refractivity contribution in [3.05, 3.63) is 53.5 Å². The van der Waals surface area contributed by atoms with Crippen molar-refractivity contribution in [3.8, 4) is 23.1 Å². The Kier molecular flexibility index (Phi) is 8.87. The molecular weight excluding hydrogens is 535 g/mol. The number of fused-ring (bicyclic) bond motifs is 1. The minimum absolute atomic E-state index is 0. The second-order valence-corrected chi connectivity index (χ2v) is 7.47. The van der Waals surface area contributed by atoms with E-state index in [9.17, 15) is 0 Å². The van der Waals surface area contributed by atoms with Gasteiger partial charge in [-0.15, -0.1) is 24.0 Å². The summed E-state index contributed by atoms with van der Waals surface area (Å²) in [5, 5.41) is 10.6. The predicted molar refractivity (Wildman–Crippen MR) is 136 cm³/mol. The van der Waals surface area contributed by atoms with Crippen LogP contribution < -0.4 is 20.1 Å². The Balaban J connectivity index is 0.00000306. The molecule has 0 aliphatic carbocycles. The van der Waals surface area contributed by atoms with Gasteiger partial charge < -0.3 is 24.6 Å². The van der Waals surface area contributed by atoms with Crippen LogP contribution in [0.1, 0.15) is 30.8 Å². The fourth-order valence-electron chi connectivity index (χ4n) is 3.55. The lowest BCUT2D eigenvalue weighted by Gasteiger charge is -2.15. The standard InChI is InChI=1S/C23H28N6O3.HI/c1-4-30-19-12-16-11-15(2)31-20(16)13-17(19)14-27-23(24-3)26-10-8-21-28-22(32-29-21)18-7-5-6-9-25-18;/h5-7,9,12-13,15H,4,8,10-11,14H2,1-3H3,(H2,24,26,27);1H. The predicted octanol–water partition coefficient (Wildman–Crippen LogP) is 3.38. The first kappa shape index (κ1) is 24.7.